The number of thiophene rings is 1. The van der Waals surface area contributed by atoms with E-state index in [0.717, 1.165) is 15.3 Å². The van der Waals surface area contributed by atoms with Crippen LogP contribution in [0.2, 0.25) is 0 Å². The molecule has 0 fully saturated rings. The topological polar surface area (TPSA) is 17.1 Å². The van der Waals surface area contributed by atoms with Gasteiger partial charge in [-0.1, -0.05) is 54.2 Å². The Balaban J connectivity index is 1.39. The summed E-state index contributed by atoms with van der Waals surface area (Å²) in [6.07, 6.45) is 2.38. The van der Waals surface area contributed by atoms with Gasteiger partial charge in [0.15, 0.2) is 0 Å². The fourth-order valence-electron chi connectivity index (χ4n) is 3.93. The summed E-state index contributed by atoms with van der Waals surface area (Å²) in [7, 11) is -1.35. The normalized spacial score (nSPS) is 11.8. The van der Waals surface area contributed by atoms with Crippen molar-refractivity contribution < 1.29 is 4.79 Å². The minimum Gasteiger partial charge on any atom is -0.288 e. The highest BCUT2D eigenvalue weighted by atomic mass is 32.3. The molecule has 0 bridgehead atoms. The lowest BCUT2D eigenvalue weighted by Gasteiger charge is -2.37. The minimum absolute atomic E-state index is 0.0833. The number of rotatable bonds is 7. The van der Waals surface area contributed by atoms with Gasteiger partial charge in [-0.25, -0.2) is 0 Å². The lowest BCUT2D eigenvalue weighted by Crippen LogP contribution is -2.01. The quantitative estimate of drug-likeness (QED) is 0.209. The van der Waals surface area contributed by atoms with E-state index >= 15 is 0 Å². The Kier molecular flexibility index (Phi) is 6.73. The Labute approximate surface area is 210 Å². The second-order valence-electron chi connectivity index (χ2n) is 7.95. The average Bonchev–Trinajstić information content (AvgIpc) is 3.45. The molecule has 1 nitrogen and oxygen atoms in total. The van der Waals surface area contributed by atoms with Gasteiger partial charge in [-0.05, 0) is 105 Å². The zero-order valence-electron chi connectivity index (χ0n) is 18.8. The smallest absolute Gasteiger partial charge is 0.202 e. The van der Waals surface area contributed by atoms with Crippen LogP contribution in [0.5, 0.6) is 0 Å². The van der Waals surface area contributed by atoms with Crippen LogP contribution in [0.3, 0.4) is 0 Å². The molecule has 0 aliphatic carbocycles. The number of carbonyl (C=O) groups is 1. The maximum atomic E-state index is 12.5. The van der Waals surface area contributed by atoms with Crippen LogP contribution in [0, 0.1) is 0 Å². The first-order valence-electron chi connectivity index (χ1n) is 11.0. The number of benzene rings is 4. The van der Waals surface area contributed by atoms with Crippen molar-refractivity contribution in [3.63, 3.8) is 0 Å². The summed E-state index contributed by atoms with van der Waals surface area (Å²) in [5.41, 5.74) is 0.729. The van der Waals surface area contributed by atoms with Crippen LogP contribution < -0.4 is 0 Å². The molecule has 168 valence electrons. The van der Waals surface area contributed by atoms with E-state index in [1.54, 1.807) is 11.8 Å². The molecule has 0 atom stereocenters. The molecule has 1 heterocycles. The molecule has 0 saturated heterocycles. The van der Waals surface area contributed by atoms with Crippen LogP contribution in [0.4, 0.5) is 0 Å². The van der Waals surface area contributed by atoms with Crippen molar-refractivity contribution in [1.29, 1.82) is 0 Å². The SMILES string of the molecule is CS(c1ccccc1)(c1ccccc1)c1ccc(Sc2ccc(C(=O)c3cccs3)cc2)cc1. The van der Waals surface area contributed by atoms with Crippen molar-refractivity contribution in [3.05, 3.63) is 137 Å². The van der Waals surface area contributed by atoms with Gasteiger partial charge < -0.3 is 0 Å². The molecule has 0 spiro atoms. The molecule has 0 aliphatic heterocycles. The highest BCUT2D eigenvalue weighted by Crippen LogP contribution is 2.65. The second-order valence-corrected chi connectivity index (χ2v) is 13.3. The zero-order valence-corrected chi connectivity index (χ0v) is 21.2. The van der Waals surface area contributed by atoms with Crippen molar-refractivity contribution in [2.75, 3.05) is 6.26 Å². The molecule has 0 aliphatic rings. The molecule has 0 unspecified atom stereocenters. The maximum absolute atomic E-state index is 12.5. The number of hydrogen-bond donors (Lipinski definition) is 0. The van der Waals surface area contributed by atoms with Crippen molar-refractivity contribution in [2.24, 2.45) is 0 Å². The molecule has 4 heteroatoms. The van der Waals surface area contributed by atoms with E-state index in [2.05, 4.69) is 91.2 Å². The van der Waals surface area contributed by atoms with Gasteiger partial charge in [-0.3, -0.25) is 4.79 Å². The lowest BCUT2D eigenvalue weighted by molar-refractivity contribution is 0.104. The second kappa shape index (κ2) is 10.1. The Morgan fingerprint density at radius 2 is 1.12 bits per heavy atom. The Bertz CT molecular complexity index is 1320. The van der Waals surface area contributed by atoms with Gasteiger partial charge in [0.05, 0.1) is 4.88 Å². The van der Waals surface area contributed by atoms with Gasteiger partial charge in [0.25, 0.3) is 0 Å². The first kappa shape index (κ1) is 22.7. The largest absolute Gasteiger partial charge is 0.288 e. The summed E-state index contributed by atoms with van der Waals surface area (Å²) in [4.78, 5) is 19.7. The van der Waals surface area contributed by atoms with Gasteiger partial charge in [0, 0.05) is 15.4 Å². The summed E-state index contributed by atoms with van der Waals surface area (Å²) >= 11 is 3.20. The van der Waals surface area contributed by atoms with E-state index < -0.39 is 10.0 Å². The summed E-state index contributed by atoms with van der Waals surface area (Å²) < 4.78 is 0. The molecule has 5 rings (SSSR count). The number of ketones is 1. The van der Waals surface area contributed by atoms with E-state index in [-0.39, 0.29) is 5.78 Å². The third kappa shape index (κ3) is 4.62. The Morgan fingerprint density at radius 1 is 0.618 bits per heavy atom. The third-order valence-corrected chi connectivity index (χ3v) is 11.4. The van der Waals surface area contributed by atoms with Crippen LogP contribution in [-0.2, 0) is 0 Å². The van der Waals surface area contributed by atoms with Gasteiger partial charge in [0.1, 0.15) is 0 Å². The molecule has 5 aromatic rings. The minimum atomic E-state index is -1.35. The predicted molar refractivity (Wildman–Crippen MR) is 146 cm³/mol. The van der Waals surface area contributed by atoms with E-state index in [4.69, 9.17) is 0 Å². The van der Waals surface area contributed by atoms with E-state index in [9.17, 15) is 4.79 Å². The predicted octanol–water partition coefficient (Wildman–Crippen LogP) is 9.04. The molecule has 0 N–H and O–H groups in total. The monoisotopic (exact) mass is 496 g/mol. The number of hydrogen-bond acceptors (Lipinski definition) is 3. The van der Waals surface area contributed by atoms with Crippen molar-refractivity contribution in [2.45, 2.75) is 24.5 Å². The van der Waals surface area contributed by atoms with E-state index in [1.807, 2.05) is 41.8 Å². The highest BCUT2D eigenvalue weighted by Gasteiger charge is 2.25. The van der Waals surface area contributed by atoms with Crippen LogP contribution in [-0.4, -0.2) is 12.0 Å². The molecule has 4 aromatic carbocycles. The van der Waals surface area contributed by atoms with Crippen molar-refractivity contribution in [1.82, 2.24) is 0 Å². The number of carbonyl (C=O) groups excluding carboxylic acids is 1. The Hall–Kier alpha value is -3.05. The summed E-state index contributed by atoms with van der Waals surface area (Å²) in [5.74, 6) is 0.0833. The first-order valence-corrected chi connectivity index (χ1v) is 14.7. The first-order chi connectivity index (χ1) is 16.6. The third-order valence-electron chi connectivity index (χ3n) is 5.82. The van der Waals surface area contributed by atoms with Crippen LogP contribution in [0.25, 0.3) is 0 Å². The molecule has 0 saturated carbocycles. The molecule has 1 aromatic heterocycles. The molecule has 0 radical (unpaired) electrons. The summed E-state index contributed by atoms with van der Waals surface area (Å²) in [6.45, 7) is 0. The lowest BCUT2D eigenvalue weighted by atomic mass is 10.1. The zero-order chi connectivity index (χ0) is 23.4. The molecule has 0 amide bonds. The van der Waals surface area contributed by atoms with Gasteiger partial charge in [0.2, 0.25) is 5.78 Å². The van der Waals surface area contributed by atoms with Gasteiger partial charge >= 0.3 is 0 Å². The molecular weight excluding hydrogens is 473 g/mol. The van der Waals surface area contributed by atoms with Crippen LogP contribution in [0.1, 0.15) is 15.2 Å². The average molecular weight is 497 g/mol. The van der Waals surface area contributed by atoms with Crippen molar-refractivity contribution in [3.8, 4) is 0 Å². The fourth-order valence-corrected chi connectivity index (χ4v) is 8.34. The highest BCUT2D eigenvalue weighted by molar-refractivity contribution is 8.33. The van der Waals surface area contributed by atoms with Crippen molar-refractivity contribution >= 4 is 38.9 Å². The summed E-state index contributed by atoms with van der Waals surface area (Å²) in [6, 6.07) is 42.3. The summed E-state index contributed by atoms with van der Waals surface area (Å²) in [5, 5.41) is 1.93. The maximum Gasteiger partial charge on any atom is 0.202 e. The molecular formula is C30H24OS3. The van der Waals surface area contributed by atoms with E-state index in [0.29, 0.717) is 0 Å². The van der Waals surface area contributed by atoms with Gasteiger partial charge in [-0.15, -0.1) is 11.3 Å². The van der Waals surface area contributed by atoms with E-state index in [1.165, 1.54) is 30.9 Å². The molecule has 34 heavy (non-hydrogen) atoms. The fraction of sp³-hybridized carbons (Fsp3) is 0.0333. The van der Waals surface area contributed by atoms with Gasteiger partial charge in [-0.2, -0.15) is 10.0 Å². The Morgan fingerprint density at radius 3 is 1.62 bits per heavy atom. The van der Waals surface area contributed by atoms with Crippen LogP contribution in [0.15, 0.2) is 151 Å². The van der Waals surface area contributed by atoms with Crippen LogP contribution >= 0.6 is 33.1 Å². The standard InChI is InChI=1S/C30H24OS3/c1-34(26-9-4-2-5-10-26,27-11-6-3-7-12-27)28-20-18-25(19-21-28)33-24-16-14-23(15-17-24)30(31)29-13-8-22-32-29/h2-22H,1H3.